The third kappa shape index (κ3) is 1.95. The number of nitrogens with one attached hydrogen (secondary N) is 1. The normalized spacial score (nSPS) is 14.0. The summed E-state index contributed by atoms with van der Waals surface area (Å²) in [5, 5.41) is 10.2. The average Bonchev–Trinajstić information content (AvgIpc) is 2.92. The predicted molar refractivity (Wildman–Crippen MR) is 82.0 cm³/mol. The molecule has 0 aliphatic carbocycles. The molecule has 0 amide bonds. The lowest BCUT2D eigenvalue weighted by molar-refractivity contribution is 0.722. The van der Waals surface area contributed by atoms with Gasteiger partial charge in [0.2, 0.25) is 0 Å². The second kappa shape index (κ2) is 4.64. The lowest BCUT2D eigenvalue weighted by Gasteiger charge is -2.28. The van der Waals surface area contributed by atoms with Crippen molar-refractivity contribution in [3.8, 4) is 6.07 Å². The van der Waals surface area contributed by atoms with Crippen molar-refractivity contribution >= 4 is 16.6 Å². The van der Waals surface area contributed by atoms with Crippen LogP contribution in [0.15, 0.2) is 42.6 Å². The summed E-state index contributed by atoms with van der Waals surface area (Å²) in [5.74, 6) is 0. The van der Waals surface area contributed by atoms with E-state index in [2.05, 4.69) is 45.2 Å². The van der Waals surface area contributed by atoms with Gasteiger partial charge in [-0.25, -0.2) is 4.98 Å². The van der Waals surface area contributed by atoms with Gasteiger partial charge >= 0.3 is 0 Å². The van der Waals surface area contributed by atoms with Crippen molar-refractivity contribution in [2.45, 2.75) is 13.0 Å². The number of anilines is 1. The molecule has 4 nitrogen and oxygen atoms in total. The second-order valence-electron chi connectivity index (χ2n) is 5.31. The summed E-state index contributed by atoms with van der Waals surface area (Å²) in [5.41, 5.74) is 5.46. The zero-order valence-corrected chi connectivity index (χ0v) is 11.5. The molecule has 1 aliphatic heterocycles. The summed E-state index contributed by atoms with van der Waals surface area (Å²) < 4.78 is 0. The van der Waals surface area contributed by atoms with Gasteiger partial charge in [0.05, 0.1) is 18.4 Å². The monoisotopic (exact) mass is 274 g/mol. The largest absolute Gasteiger partial charge is 0.364 e. The fourth-order valence-electron chi connectivity index (χ4n) is 3.05. The van der Waals surface area contributed by atoms with E-state index in [4.69, 9.17) is 5.26 Å². The Morgan fingerprint density at radius 2 is 2.10 bits per heavy atom. The molecular weight excluding hydrogens is 260 g/mol. The number of pyridine rings is 1. The van der Waals surface area contributed by atoms with Crippen LogP contribution in [0.25, 0.3) is 10.9 Å². The Labute approximate surface area is 122 Å². The van der Waals surface area contributed by atoms with Gasteiger partial charge in [-0.15, -0.1) is 0 Å². The zero-order chi connectivity index (χ0) is 14.2. The minimum Gasteiger partial charge on any atom is -0.364 e. The standard InChI is InChI=1S/C17H14N4/c18-9-12-5-6-13(10-19-12)21-8-7-15-14-3-1-2-4-16(14)20-17(15)11-21/h1-6,10,20H,7-8,11H2. The molecule has 0 radical (unpaired) electrons. The Morgan fingerprint density at radius 1 is 1.19 bits per heavy atom. The molecular formula is C17H14N4. The fourth-order valence-corrected chi connectivity index (χ4v) is 3.05. The van der Waals surface area contributed by atoms with Gasteiger partial charge in [0.25, 0.3) is 0 Å². The van der Waals surface area contributed by atoms with E-state index in [0.29, 0.717) is 5.69 Å². The molecule has 1 aliphatic rings. The number of aromatic nitrogens is 2. The first-order valence-electron chi connectivity index (χ1n) is 7.05. The lowest BCUT2D eigenvalue weighted by atomic mass is 10.0. The van der Waals surface area contributed by atoms with E-state index >= 15 is 0 Å². The molecule has 0 saturated heterocycles. The number of rotatable bonds is 1. The van der Waals surface area contributed by atoms with Crippen LogP contribution in [0.3, 0.4) is 0 Å². The van der Waals surface area contributed by atoms with Crippen LogP contribution in [0.5, 0.6) is 0 Å². The van der Waals surface area contributed by atoms with Gasteiger partial charge < -0.3 is 9.88 Å². The summed E-state index contributed by atoms with van der Waals surface area (Å²) in [4.78, 5) is 9.98. The fraction of sp³-hybridized carbons (Fsp3) is 0.176. The number of fused-ring (bicyclic) bond motifs is 3. The molecule has 1 N–H and O–H groups in total. The van der Waals surface area contributed by atoms with Crippen molar-refractivity contribution in [2.75, 3.05) is 11.4 Å². The maximum absolute atomic E-state index is 8.82. The number of nitrogens with zero attached hydrogens (tertiary/aromatic N) is 3. The molecule has 0 fully saturated rings. The molecule has 0 bridgehead atoms. The molecule has 0 saturated carbocycles. The molecule has 0 unspecified atom stereocenters. The van der Waals surface area contributed by atoms with Gasteiger partial charge in [0.1, 0.15) is 11.8 Å². The Kier molecular flexibility index (Phi) is 2.65. The minimum absolute atomic E-state index is 0.460. The van der Waals surface area contributed by atoms with Crippen LogP contribution in [-0.4, -0.2) is 16.5 Å². The van der Waals surface area contributed by atoms with E-state index in [1.54, 1.807) is 12.3 Å². The predicted octanol–water partition coefficient (Wildman–Crippen LogP) is 3.00. The van der Waals surface area contributed by atoms with Gasteiger partial charge in [-0.1, -0.05) is 18.2 Å². The van der Waals surface area contributed by atoms with Crippen LogP contribution in [0, 0.1) is 11.3 Å². The SMILES string of the molecule is N#Cc1ccc(N2CCc3c([nH]c4ccccc34)C2)cn1. The van der Waals surface area contributed by atoms with E-state index in [1.807, 2.05) is 6.07 Å². The second-order valence-corrected chi connectivity index (χ2v) is 5.31. The number of benzene rings is 1. The molecule has 4 heteroatoms. The van der Waals surface area contributed by atoms with Crippen molar-refractivity contribution in [1.82, 2.24) is 9.97 Å². The highest BCUT2D eigenvalue weighted by molar-refractivity contribution is 5.85. The molecule has 2 aromatic heterocycles. The number of hydrogen-bond donors (Lipinski definition) is 1. The zero-order valence-electron chi connectivity index (χ0n) is 11.5. The van der Waals surface area contributed by atoms with Crippen molar-refractivity contribution in [1.29, 1.82) is 5.26 Å². The van der Waals surface area contributed by atoms with Crippen molar-refractivity contribution < 1.29 is 0 Å². The Balaban J connectivity index is 1.68. The van der Waals surface area contributed by atoms with Crippen LogP contribution in [0.2, 0.25) is 0 Å². The first-order chi connectivity index (χ1) is 10.3. The molecule has 3 aromatic rings. The van der Waals surface area contributed by atoms with Crippen LogP contribution in [0.4, 0.5) is 5.69 Å². The van der Waals surface area contributed by atoms with Gasteiger partial charge in [-0.3, -0.25) is 0 Å². The van der Waals surface area contributed by atoms with E-state index in [1.165, 1.54) is 22.2 Å². The number of para-hydroxylation sites is 1. The van der Waals surface area contributed by atoms with Crippen molar-refractivity contribution in [2.24, 2.45) is 0 Å². The quantitative estimate of drug-likeness (QED) is 0.742. The van der Waals surface area contributed by atoms with E-state index < -0.39 is 0 Å². The van der Waals surface area contributed by atoms with Gasteiger partial charge in [0, 0.05) is 23.1 Å². The molecule has 102 valence electrons. The first kappa shape index (κ1) is 12.0. The molecule has 1 aromatic carbocycles. The highest BCUT2D eigenvalue weighted by atomic mass is 15.1. The third-order valence-corrected chi connectivity index (χ3v) is 4.11. The van der Waals surface area contributed by atoms with E-state index in [0.717, 1.165) is 25.2 Å². The Bertz CT molecular complexity index is 839. The maximum Gasteiger partial charge on any atom is 0.140 e. The van der Waals surface area contributed by atoms with Crippen LogP contribution in [0.1, 0.15) is 17.0 Å². The summed E-state index contributed by atoms with van der Waals surface area (Å²) in [7, 11) is 0. The smallest absolute Gasteiger partial charge is 0.140 e. The average molecular weight is 274 g/mol. The summed E-state index contributed by atoms with van der Waals surface area (Å²) in [6.07, 6.45) is 2.81. The van der Waals surface area contributed by atoms with Crippen LogP contribution in [-0.2, 0) is 13.0 Å². The van der Waals surface area contributed by atoms with Gasteiger partial charge in [-0.05, 0) is 30.2 Å². The highest BCUT2D eigenvalue weighted by Crippen LogP contribution is 2.29. The third-order valence-electron chi connectivity index (χ3n) is 4.11. The van der Waals surface area contributed by atoms with E-state index in [9.17, 15) is 0 Å². The number of hydrogen-bond acceptors (Lipinski definition) is 3. The topological polar surface area (TPSA) is 55.7 Å². The maximum atomic E-state index is 8.82. The number of aromatic amines is 1. The summed E-state index contributed by atoms with van der Waals surface area (Å²) >= 11 is 0. The Morgan fingerprint density at radius 3 is 2.90 bits per heavy atom. The Hall–Kier alpha value is -2.80. The first-order valence-corrected chi connectivity index (χ1v) is 7.05. The molecule has 3 heterocycles. The lowest BCUT2D eigenvalue weighted by Crippen LogP contribution is -2.30. The molecule has 0 atom stereocenters. The van der Waals surface area contributed by atoms with Crippen LogP contribution >= 0.6 is 0 Å². The van der Waals surface area contributed by atoms with E-state index in [-0.39, 0.29) is 0 Å². The number of H-pyrrole nitrogens is 1. The summed E-state index contributed by atoms with van der Waals surface area (Å²) in [6.45, 7) is 1.83. The molecule has 21 heavy (non-hydrogen) atoms. The summed E-state index contributed by atoms with van der Waals surface area (Å²) in [6, 6.07) is 14.3. The van der Waals surface area contributed by atoms with Crippen LogP contribution < -0.4 is 4.90 Å². The van der Waals surface area contributed by atoms with Crippen molar-refractivity contribution in [3.05, 3.63) is 59.5 Å². The highest BCUT2D eigenvalue weighted by Gasteiger charge is 2.20. The molecule has 0 spiro atoms. The van der Waals surface area contributed by atoms with Gasteiger partial charge in [-0.2, -0.15) is 5.26 Å². The van der Waals surface area contributed by atoms with Crippen molar-refractivity contribution in [3.63, 3.8) is 0 Å². The molecule has 4 rings (SSSR count). The number of nitriles is 1. The minimum atomic E-state index is 0.460. The van der Waals surface area contributed by atoms with Gasteiger partial charge in [0.15, 0.2) is 0 Å².